The lowest BCUT2D eigenvalue weighted by Crippen LogP contribution is -2.04. The Balaban J connectivity index is 1.10. The minimum atomic E-state index is -4.44. The standard InChI is InChI=1S/C53H31F3N6/c54-53(55,56)39-17-11-16-36(31-39)33-22-25-40(26-23-33)61-45-20-9-7-18-41(45)42-27-29-47-48(49(42)61)43-19-8-10-21-46(43)62(47)44-28-24-37(30-38(44)32-57)52-59-50(34-12-3-1-4-13-34)58-51(60-52)35-14-5-2-6-15-35/h1-31H. The van der Waals surface area contributed by atoms with Crippen LogP contribution in [0.2, 0.25) is 0 Å². The molecule has 0 bridgehead atoms. The van der Waals surface area contributed by atoms with Crippen molar-refractivity contribution in [3.8, 4) is 62.7 Å². The molecule has 0 spiro atoms. The van der Waals surface area contributed by atoms with Gasteiger partial charge in [0.2, 0.25) is 0 Å². The molecule has 294 valence electrons. The van der Waals surface area contributed by atoms with Gasteiger partial charge in [0.15, 0.2) is 17.5 Å². The maximum atomic E-state index is 13.6. The van der Waals surface area contributed by atoms with Gasteiger partial charge in [-0.2, -0.15) is 18.4 Å². The molecule has 0 aliphatic carbocycles. The molecule has 8 aromatic carbocycles. The summed E-state index contributed by atoms with van der Waals surface area (Å²) in [6.07, 6.45) is -4.44. The zero-order valence-corrected chi connectivity index (χ0v) is 32.7. The average molecular weight is 809 g/mol. The molecule has 0 N–H and O–H groups in total. The topological polar surface area (TPSA) is 72.3 Å². The van der Waals surface area contributed by atoms with Crippen molar-refractivity contribution in [3.63, 3.8) is 0 Å². The molecule has 0 saturated carbocycles. The number of benzene rings is 8. The van der Waals surface area contributed by atoms with E-state index in [0.29, 0.717) is 45.4 Å². The van der Waals surface area contributed by atoms with E-state index in [9.17, 15) is 18.4 Å². The van der Waals surface area contributed by atoms with Crippen molar-refractivity contribution in [2.24, 2.45) is 0 Å². The van der Waals surface area contributed by atoms with Crippen molar-refractivity contribution in [2.45, 2.75) is 6.18 Å². The molecular formula is C53H31F3N6. The monoisotopic (exact) mass is 808 g/mol. The summed E-state index contributed by atoms with van der Waals surface area (Å²) in [6, 6.07) is 61.5. The van der Waals surface area contributed by atoms with E-state index >= 15 is 0 Å². The summed E-state index contributed by atoms with van der Waals surface area (Å²) in [5.74, 6) is 1.52. The SMILES string of the molecule is N#Cc1cc(-c2nc(-c3ccccc3)nc(-c3ccccc3)n2)ccc1-n1c2ccccc2c2c1ccc1c3ccccc3n(-c3ccc(-c4cccc(C(F)(F)F)c4)cc3)c12. The predicted octanol–water partition coefficient (Wildman–Crippen LogP) is 13.6. The second-order valence-electron chi connectivity index (χ2n) is 15.1. The number of aromatic nitrogens is 5. The van der Waals surface area contributed by atoms with Crippen LogP contribution in [-0.2, 0) is 6.18 Å². The molecule has 11 aromatic rings. The Morgan fingerprint density at radius 1 is 0.435 bits per heavy atom. The van der Waals surface area contributed by atoms with E-state index in [1.54, 1.807) is 6.07 Å². The second kappa shape index (κ2) is 14.4. The zero-order valence-electron chi connectivity index (χ0n) is 32.7. The summed E-state index contributed by atoms with van der Waals surface area (Å²) in [7, 11) is 0. The smallest absolute Gasteiger partial charge is 0.309 e. The maximum absolute atomic E-state index is 13.6. The Labute approximate surface area is 353 Å². The first kappa shape index (κ1) is 36.7. The summed E-state index contributed by atoms with van der Waals surface area (Å²) in [4.78, 5) is 14.7. The Kier molecular flexibility index (Phi) is 8.55. The Bertz CT molecular complexity index is 3510. The quantitative estimate of drug-likeness (QED) is 0.168. The summed E-state index contributed by atoms with van der Waals surface area (Å²) >= 11 is 0. The first-order valence-corrected chi connectivity index (χ1v) is 20.0. The highest BCUT2D eigenvalue weighted by Crippen LogP contribution is 2.43. The number of hydrogen-bond donors (Lipinski definition) is 0. The van der Waals surface area contributed by atoms with E-state index in [2.05, 4.69) is 51.6 Å². The number of halogens is 3. The molecule has 0 amide bonds. The molecular weight excluding hydrogens is 778 g/mol. The molecule has 62 heavy (non-hydrogen) atoms. The average Bonchev–Trinajstić information content (AvgIpc) is 3.84. The van der Waals surface area contributed by atoms with Crippen molar-refractivity contribution < 1.29 is 13.2 Å². The van der Waals surface area contributed by atoms with E-state index in [-0.39, 0.29) is 0 Å². The predicted molar refractivity (Wildman–Crippen MR) is 240 cm³/mol. The van der Waals surface area contributed by atoms with Crippen LogP contribution in [0, 0.1) is 11.3 Å². The molecule has 0 aliphatic rings. The molecule has 0 unspecified atom stereocenters. The molecule has 0 fully saturated rings. The summed E-state index contributed by atoms with van der Waals surface area (Å²) < 4.78 is 45.2. The van der Waals surface area contributed by atoms with Gasteiger partial charge < -0.3 is 9.13 Å². The third-order valence-electron chi connectivity index (χ3n) is 11.4. The van der Waals surface area contributed by atoms with Gasteiger partial charge in [0.05, 0.1) is 38.9 Å². The van der Waals surface area contributed by atoms with Crippen LogP contribution in [0.4, 0.5) is 13.2 Å². The van der Waals surface area contributed by atoms with Crippen LogP contribution in [0.25, 0.3) is 100 Å². The van der Waals surface area contributed by atoms with Gasteiger partial charge in [-0.05, 0) is 71.8 Å². The van der Waals surface area contributed by atoms with E-state index in [1.807, 2.05) is 127 Å². The van der Waals surface area contributed by atoms with Crippen LogP contribution in [0.1, 0.15) is 11.1 Å². The first-order valence-electron chi connectivity index (χ1n) is 20.0. The first-order chi connectivity index (χ1) is 30.3. The number of nitriles is 1. The van der Waals surface area contributed by atoms with Crippen LogP contribution in [0.5, 0.6) is 0 Å². The Morgan fingerprint density at radius 3 is 1.65 bits per heavy atom. The lowest BCUT2D eigenvalue weighted by Gasteiger charge is -2.13. The molecule has 3 heterocycles. The fraction of sp³-hybridized carbons (Fsp3) is 0.0189. The number of alkyl halides is 3. The number of rotatable bonds is 6. The van der Waals surface area contributed by atoms with E-state index < -0.39 is 11.7 Å². The normalized spacial score (nSPS) is 11.8. The molecule has 0 aliphatic heterocycles. The van der Waals surface area contributed by atoms with Gasteiger partial charge in [-0.3, -0.25) is 0 Å². The van der Waals surface area contributed by atoms with Gasteiger partial charge in [0.25, 0.3) is 0 Å². The molecule has 9 heteroatoms. The van der Waals surface area contributed by atoms with Crippen LogP contribution >= 0.6 is 0 Å². The lowest BCUT2D eigenvalue weighted by atomic mass is 10.0. The number of fused-ring (bicyclic) bond motifs is 7. The summed E-state index contributed by atoms with van der Waals surface area (Å²) in [5, 5.41) is 15.0. The Hall–Kier alpha value is -8.35. The van der Waals surface area contributed by atoms with Crippen LogP contribution in [-0.4, -0.2) is 24.1 Å². The van der Waals surface area contributed by atoms with E-state index in [0.717, 1.165) is 66.5 Å². The van der Waals surface area contributed by atoms with Crippen molar-refractivity contribution in [2.75, 3.05) is 0 Å². The number of hydrogen-bond acceptors (Lipinski definition) is 4. The summed E-state index contributed by atoms with van der Waals surface area (Å²) in [5.41, 5.74) is 8.68. The third kappa shape index (κ3) is 6.08. The molecule has 0 radical (unpaired) electrons. The van der Waals surface area contributed by atoms with Gasteiger partial charge in [-0.1, -0.05) is 127 Å². The van der Waals surface area contributed by atoms with Crippen LogP contribution in [0.3, 0.4) is 0 Å². The van der Waals surface area contributed by atoms with Crippen LogP contribution < -0.4 is 0 Å². The van der Waals surface area contributed by atoms with Crippen molar-refractivity contribution in [3.05, 3.63) is 199 Å². The lowest BCUT2D eigenvalue weighted by molar-refractivity contribution is -0.137. The maximum Gasteiger partial charge on any atom is 0.416 e. The van der Waals surface area contributed by atoms with Gasteiger partial charge in [0.1, 0.15) is 6.07 Å². The minimum Gasteiger partial charge on any atom is -0.309 e. The molecule has 11 rings (SSSR count). The largest absolute Gasteiger partial charge is 0.416 e. The molecule has 6 nitrogen and oxygen atoms in total. The zero-order chi connectivity index (χ0) is 42.0. The summed E-state index contributed by atoms with van der Waals surface area (Å²) in [6.45, 7) is 0. The van der Waals surface area contributed by atoms with Crippen molar-refractivity contribution >= 4 is 43.6 Å². The van der Waals surface area contributed by atoms with Gasteiger partial charge >= 0.3 is 6.18 Å². The van der Waals surface area contributed by atoms with Gasteiger partial charge in [-0.15, -0.1) is 0 Å². The number of nitrogens with zero attached hydrogens (tertiary/aromatic N) is 6. The van der Waals surface area contributed by atoms with Crippen molar-refractivity contribution in [1.82, 2.24) is 24.1 Å². The fourth-order valence-corrected chi connectivity index (χ4v) is 8.61. The van der Waals surface area contributed by atoms with E-state index in [4.69, 9.17) is 15.0 Å². The third-order valence-corrected chi connectivity index (χ3v) is 11.4. The molecule has 0 saturated heterocycles. The molecule has 3 aromatic heterocycles. The second-order valence-corrected chi connectivity index (χ2v) is 15.1. The number of para-hydroxylation sites is 2. The highest BCUT2D eigenvalue weighted by molar-refractivity contribution is 6.26. The van der Waals surface area contributed by atoms with Gasteiger partial charge in [-0.25, -0.2) is 15.0 Å². The molecule has 0 atom stereocenters. The Morgan fingerprint density at radius 2 is 1.00 bits per heavy atom. The highest BCUT2D eigenvalue weighted by atomic mass is 19.4. The van der Waals surface area contributed by atoms with Crippen LogP contribution in [0.15, 0.2) is 188 Å². The van der Waals surface area contributed by atoms with E-state index in [1.165, 1.54) is 12.1 Å². The minimum absolute atomic E-state index is 0.443. The van der Waals surface area contributed by atoms with Crippen molar-refractivity contribution in [1.29, 1.82) is 5.26 Å². The fourth-order valence-electron chi connectivity index (χ4n) is 8.61. The van der Waals surface area contributed by atoms with Gasteiger partial charge in [0, 0.05) is 43.9 Å². The highest BCUT2D eigenvalue weighted by Gasteiger charge is 2.30.